The molecule has 1 unspecified atom stereocenters. The van der Waals surface area contributed by atoms with Gasteiger partial charge >= 0.3 is 0 Å². The molecule has 82 valence electrons. The Balaban J connectivity index is 2.08. The van der Waals surface area contributed by atoms with E-state index in [0.29, 0.717) is 13.1 Å². The average Bonchev–Trinajstić information content (AvgIpc) is 2.67. The topological polar surface area (TPSA) is 82.1 Å². The van der Waals surface area contributed by atoms with E-state index in [1.165, 1.54) is 6.33 Å². The molecule has 6 nitrogen and oxygen atoms in total. The second kappa shape index (κ2) is 3.62. The number of hydrogen-bond donors (Lipinski definition) is 2. The maximum absolute atomic E-state index is 11.8. The smallest absolute Gasteiger partial charge is 0.291 e. The first-order valence-corrected chi connectivity index (χ1v) is 4.95. The summed E-state index contributed by atoms with van der Waals surface area (Å²) in [6.07, 6.45) is 2.84. The van der Waals surface area contributed by atoms with Crippen molar-refractivity contribution < 1.29 is 9.90 Å². The lowest BCUT2D eigenvalue weighted by Gasteiger charge is -2.36. The van der Waals surface area contributed by atoms with Crippen LogP contribution >= 0.6 is 0 Å². The third kappa shape index (κ3) is 2.15. The molecule has 1 amide bonds. The van der Waals surface area contributed by atoms with Crippen LogP contribution in [0.1, 0.15) is 30.4 Å². The third-order valence-corrected chi connectivity index (χ3v) is 2.58. The van der Waals surface area contributed by atoms with Crippen molar-refractivity contribution >= 4 is 5.91 Å². The molecule has 1 aliphatic heterocycles. The van der Waals surface area contributed by atoms with Crippen molar-refractivity contribution in [3.63, 3.8) is 0 Å². The van der Waals surface area contributed by atoms with E-state index in [0.717, 1.165) is 12.8 Å². The number of likely N-dealkylation sites (tertiary alicyclic amines) is 1. The number of carbonyl (C=O) groups excluding carboxylic acids is 1. The highest BCUT2D eigenvalue weighted by Crippen LogP contribution is 2.20. The third-order valence-electron chi connectivity index (χ3n) is 2.58. The van der Waals surface area contributed by atoms with Crippen LogP contribution < -0.4 is 0 Å². The Labute approximate surface area is 87.3 Å². The number of carbonyl (C=O) groups is 1. The number of H-pyrrole nitrogens is 1. The van der Waals surface area contributed by atoms with Crippen molar-refractivity contribution in [1.29, 1.82) is 0 Å². The molecule has 15 heavy (non-hydrogen) atoms. The van der Waals surface area contributed by atoms with E-state index in [4.69, 9.17) is 0 Å². The Morgan fingerprint density at radius 2 is 2.53 bits per heavy atom. The Hall–Kier alpha value is -1.43. The molecular weight excluding hydrogens is 196 g/mol. The Bertz CT molecular complexity index is 347. The molecule has 0 spiro atoms. The zero-order valence-corrected chi connectivity index (χ0v) is 8.60. The lowest BCUT2D eigenvalue weighted by Crippen LogP contribution is -2.48. The van der Waals surface area contributed by atoms with Gasteiger partial charge in [0.05, 0.1) is 5.60 Å². The lowest BCUT2D eigenvalue weighted by atomic mass is 9.95. The van der Waals surface area contributed by atoms with Gasteiger partial charge in [0.25, 0.3) is 5.91 Å². The van der Waals surface area contributed by atoms with Gasteiger partial charge in [0.2, 0.25) is 5.82 Å². The highest BCUT2D eigenvalue weighted by molar-refractivity contribution is 5.90. The first-order valence-electron chi connectivity index (χ1n) is 4.95. The molecule has 0 bridgehead atoms. The standard InChI is InChI=1S/C9H14N4O2/c1-9(15)3-2-4-13(5-9)8(14)7-10-6-11-12-7/h6,15H,2-5H2,1H3,(H,10,11,12). The van der Waals surface area contributed by atoms with Gasteiger partial charge in [-0.25, -0.2) is 4.98 Å². The molecule has 0 saturated carbocycles. The normalized spacial score (nSPS) is 26.7. The van der Waals surface area contributed by atoms with Gasteiger partial charge in [0.15, 0.2) is 0 Å². The molecule has 6 heteroatoms. The van der Waals surface area contributed by atoms with Gasteiger partial charge in [0, 0.05) is 13.1 Å². The van der Waals surface area contributed by atoms with Crippen LogP contribution in [0.25, 0.3) is 0 Å². The number of nitrogens with one attached hydrogen (secondary N) is 1. The molecule has 1 aromatic rings. The number of hydrogen-bond acceptors (Lipinski definition) is 4. The van der Waals surface area contributed by atoms with Crippen LogP contribution in [0.5, 0.6) is 0 Å². The van der Waals surface area contributed by atoms with Crippen LogP contribution in [0.2, 0.25) is 0 Å². The number of piperidine rings is 1. The van der Waals surface area contributed by atoms with E-state index in [-0.39, 0.29) is 11.7 Å². The van der Waals surface area contributed by atoms with Crippen LogP contribution in [-0.2, 0) is 0 Å². The fraction of sp³-hybridized carbons (Fsp3) is 0.667. The van der Waals surface area contributed by atoms with Gasteiger partial charge in [0.1, 0.15) is 6.33 Å². The molecule has 1 aliphatic rings. The molecule has 2 rings (SSSR count). The molecule has 0 radical (unpaired) electrons. The number of β-amino-alcohol motifs (C(OH)–C–C–N with tert-alkyl or cyclic N) is 1. The second-order valence-corrected chi connectivity index (χ2v) is 4.16. The van der Waals surface area contributed by atoms with E-state index in [1.54, 1.807) is 11.8 Å². The first-order chi connectivity index (χ1) is 7.08. The highest BCUT2D eigenvalue weighted by Gasteiger charge is 2.32. The molecule has 2 heterocycles. The number of rotatable bonds is 1. The van der Waals surface area contributed by atoms with E-state index < -0.39 is 5.60 Å². The minimum absolute atomic E-state index is 0.201. The molecule has 1 aromatic heterocycles. The van der Waals surface area contributed by atoms with E-state index in [9.17, 15) is 9.90 Å². The molecular formula is C9H14N4O2. The lowest BCUT2D eigenvalue weighted by molar-refractivity contribution is -0.0111. The average molecular weight is 210 g/mol. The van der Waals surface area contributed by atoms with Gasteiger partial charge in [-0.2, -0.15) is 5.10 Å². The fourth-order valence-corrected chi connectivity index (χ4v) is 1.85. The van der Waals surface area contributed by atoms with E-state index in [1.807, 2.05) is 0 Å². The van der Waals surface area contributed by atoms with Crippen molar-refractivity contribution in [2.45, 2.75) is 25.4 Å². The molecule has 0 aromatic carbocycles. The van der Waals surface area contributed by atoms with E-state index >= 15 is 0 Å². The summed E-state index contributed by atoms with van der Waals surface area (Å²) in [6.45, 7) is 2.76. The van der Waals surface area contributed by atoms with Gasteiger partial charge in [-0.1, -0.05) is 0 Å². The summed E-state index contributed by atoms with van der Waals surface area (Å²) in [5, 5.41) is 16.0. The van der Waals surface area contributed by atoms with Gasteiger partial charge in [-0.3, -0.25) is 9.89 Å². The molecule has 1 fully saturated rings. The molecule has 1 atom stereocenters. The second-order valence-electron chi connectivity index (χ2n) is 4.16. The minimum Gasteiger partial charge on any atom is -0.388 e. The number of aromatic nitrogens is 3. The zero-order chi connectivity index (χ0) is 10.9. The zero-order valence-electron chi connectivity index (χ0n) is 8.60. The van der Waals surface area contributed by atoms with Crippen molar-refractivity contribution in [3.05, 3.63) is 12.2 Å². The largest absolute Gasteiger partial charge is 0.388 e. The van der Waals surface area contributed by atoms with Crippen LogP contribution in [0.4, 0.5) is 0 Å². The van der Waals surface area contributed by atoms with Gasteiger partial charge < -0.3 is 10.0 Å². The SMILES string of the molecule is CC1(O)CCCN(C(=O)c2ncn[nH]2)C1. The summed E-state index contributed by atoms with van der Waals surface area (Å²) in [5.74, 6) is 0.0279. The van der Waals surface area contributed by atoms with Crippen molar-refractivity contribution in [1.82, 2.24) is 20.1 Å². The van der Waals surface area contributed by atoms with Crippen LogP contribution in [0.3, 0.4) is 0 Å². The predicted octanol–water partition coefficient (Wildman–Crippen LogP) is -0.208. The summed E-state index contributed by atoms with van der Waals surface area (Å²) in [6, 6.07) is 0. The Morgan fingerprint density at radius 1 is 1.73 bits per heavy atom. The first kappa shape index (κ1) is 10.1. The van der Waals surface area contributed by atoms with Crippen LogP contribution in [0.15, 0.2) is 6.33 Å². The predicted molar refractivity (Wildman–Crippen MR) is 52.1 cm³/mol. The van der Waals surface area contributed by atoms with Crippen LogP contribution in [0, 0.1) is 0 Å². The fourth-order valence-electron chi connectivity index (χ4n) is 1.85. The molecule has 2 N–H and O–H groups in total. The summed E-state index contributed by atoms with van der Waals surface area (Å²) < 4.78 is 0. The number of aliphatic hydroxyl groups is 1. The van der Waals surface area contributed by atoms with Crippen LogP contribution in [-0.4, -0.2) is 49.8 Å². The summed E-state index contributed by atoms with van der Waals surface area (Å²) in [7, 11) is 0. The summed E-state index contributed by atoms with van der Waals surface area (Å²) in [4.78, 5) is 17.2. The Morgan fingerprint density at radius 3 is 3.13 bits per heavy atom. The number of nitrogens with zero attached hydrogens (tertiary/aromatic N) is 3. The monoisotopic (exact) mass is 210 g/mol. The Kier molecular flexibility index (Phi) is 2.44. The maximum Gasteiger partial charge on any atom is 0.291 e. The summed E-state index contributed by atoms with van der Waals surface area (Å²) in [5.41, 5.74) is -0.784. The van der Waals surface area contributed by atoms with Gasteiger partial charge in [-0.15, -0.1) is 0 Å². The number of aromatic amines is 1. The van der Waals surface area contributed by atoms with Crippen molar-refractivity contribution in [3.8, 4) is 0 Å². The minimum atomic E-state index is -0.784. The molecule has 0 aliphatic carbocycles. The maximum atomic E-state index is 11.8. The highest BCUT2D eigenvalue weighted by atomic mass is 16.3. The van der Waals surface area contributed by atoms with Crippen molar-refractivity contribution in [2.24, 2.45) is 0 Å². The van der Waals surface area contributed by atoms with Gasteiger partial charge in [-0.05, 0) is 19.8 Å². The number of amides is 1. The quantitative estimate of drug-likeness (QED) is 0.672. The van der Waals surface area contributed by atoms with Crippen molar-refractivity contribution in [2.75, 3.05) is 13.1 Å². The summed E-state index contributed by atoms with van der Waals surface area (Å²) >= 11 is 0. The van der Waals surface area contributed by atoms with E-state index in [2.05, 4.69) is 15.2 Å². The molecule has 1 saturated heterocycles.